The van der Waals surface area contributed by atoms with Crippen LogP contribution in [0, 0.1) is 0 Å². The summed E-state index contributed by atoms with van der Waals surface area (Å²) in [6.45, 7) is 5.46. The van der Waals surface area contributed by atoms with E-state index in [0.29, 0.717) is 28.3 Å². The number of nitrogens with one attached hydrogen (secondary N) is 2. The Morgan fingerprint density at radius 2 is 1.94 bits per heavy atom. The van der Waals surface area contributed by atoms with Gasteiger partial charge in [-0.1, -0.05) is 53.7 Å². The molecule has 1 amide bonds. The van der Waals surface area contributed by atoms with Crippen LogP contribution in [0.5, 0.6) is 0 Å². The minimum absolute atomic E-state index is 0.324. The largest absolute Gasteiger partial charge is 0.444 e. The zero-order valence-electron chi connectivity index (χ0n) is 18.6. The second kappa shape index (κ2) is 9.89. The molecule has 4 aromatic rings. The summed E-state index contributed by atoms with van der Waals surface area (Å²) in [6.07, 6.45) is 1.86. The molecule has 9 heteroatoms. The van der Waals surface area contributed by atoms with Crippen molar-refractivity contribution in [1.29, 1.82) is 0 Å². The zero-order valence-corrected chi connectivity index (χ0v) is 20.2. The summed E-state index contributed by atoms with van der Waals surface area (Å²) in [5.74, 6) is 0.982. The molecule has 0 radical (unpaired) electrons. The Balaban J connectivity index is 1.52. The number of nitrogens with zero attached hydrogens (tertiary/aromatic N) is 2. The second-order valence-corrected chi connectivity index (χ2v) is 9.95. The van der Waals surface area contributed by atoms with Gasteiger partial charge in [0.2, 0.25) is 5.89 Å². The molecule has 0 aliphatic carbocycles. The number of para-hydroxylation sites is 1. The lowest BCUT2D eigenvalue weighted by atomic mass is 10.1. The van der Waals surface area contributed by atoms with Crippen molar-refractivity contribution in [2.24, 2.45) is 0 Å². The van der Waals surface area contributed by atoms with E-state index in [9.17, 15) is 4.79 Å². The van der Waals surface area contributed by atoms with Gasteiger partial charge in [0.05, 0.1) is 0 Å². The van der Waals surface area contributed by atoms with Gasteiger partial charge in [0.25, 0.3) is 5.22 Å². The fraction of sp³-hybridized carbons (Fsp3) is 0.292. The van der Waals surface area contributed by atoms with Gasteiger partial charge in [-0.3, -0.25) is 0 Å². The van der Waals surface area contributed by atoms with Crippen molar-refractivity contribution in [3.05, 3.63) is 76.8 Å². The molecule has 1 atom stereocenters. The third-order valence-electron chi connectivity index (χ3n) is 4.79. The van der Waals surface area contributed by atoms with E-state index in [4.69, 9.17) is 20.8 Å². The number of rotatable bonds is 7. The molecule has 0 aliphatic heterocycles. The van der Waals surface area contributed by atoms with Crippen LogP contribution in [0.15, 0.2) is 64.4 Å². The molecule has 7 nitrogen and oxygen atoms in total. The van der Waals surface area contributed by atoms with Gasteiger partial charge in [0.15, 0.2) is 0 Å². The first-order valence-corrected chi connectivity index (χ1v) is 11.9. The van der Waals surface area contributed by atoms with Crippen LogP contribution in [-0.4, -0.2) is 26.9 Å². The number of aromatic nitrogens is 3. The number of carbonyl (C=O) groups is 1. The maximum atomic E-state index is 12.5. The van der Waals surface area contributed by atoms with Crippen molar-refractivity contribution in [3.8, 4) is 0 Å². The van der Waals surface area contributed by atoms with E-state index in [1.807, 2.05) is 75.5 Å². The molecule has 2 aromatic heterocycles. The first-order chi connectivity index (χ1) is 15.8. The predicted molar refractivity (Wildman–Crippen MR) is 129 cm³/mol. The molecule has 0 spiro atoms. The molecule has 0 bridgehead atoms. The number of alkyl carbamates (subject to hydrolysis) is 1. The van der Waals surface area contributed by atoms with E-state index in [0.717, 1.165) is 22.0 Å². The minimum Gasteiger partial charge on any atom is -0.444 e. The third kappa shape index (κ3) is 6.30. The monoisotopic (exact) mass is 484 g/mol. The first kappa shape index (κ1) is 23.2. The standard InChI is InChI=1S/C24H25ClN4O3S/c1-24(2,3)32-22(30)27-20(12-16-13-26-19-7-5-4-6-18(16)19)21-28-29-23(31-21)33-14-15-8-10-17(25)11-9-15/h4-11,13,20,26H,12,14H2,1-3H3,(H,27,30). The molecule has 33 heavy (non-hydrogen) atoms. The smallest absolute Gasteiger partial charge is 0.408 e. The van der Waals surface area contributed by atoms with Gasteiger partial charge in [-0.15, -0.1) is 10.2 Å². The number of carbonyl (C=O) groups excluding carboxylic acids is 1. The van der Waals surface area contributed by atoms with Crippen molar-refractivity contribution in [2.75, 3.05) is 0 Å². The van der Waals surface area contributed by atoms with Crippen LogP contribution in [0.2, 0.25) is 5.02 Å². The van der Waals surface area contributed by atoms with Crippen LogP contribution in [-0.2, 0) is 16.9 Å². The van der Waals surface area contributed by atoms with E-state index in [2.05, 4.69) is 20.5 Å². The number of amides is 1. The summed E-state index contributed by atoms with van der Waals surface area (Å²) in [5.41, 5.74) is 2.52. The molecular formula is C24H25ClN4O3S. The molecule has 1 unspecified atom stereocenters. The van der Waals surface area contributed by atoms with Crippen molar-refractivity contribution in [3.63, 3.8) is 0 Å². The molecule has 172 valence electrons. The van der Waals surface area contributed by atoms with Gasteiger partial charge >= 0.3 is 6.09 Å². The highest BCUT2D eigenvalue weighted by atomic mass is 35.5. The summed E-state index contributed by atoms with van der Waals surface area (Å²) < 4.78 is 11.4. The van der Waals surface area contributed by atoms with Gasteiger partial charge < -0.3 is 19.5 Å². The van der Waals surface area contributed by atoms with E-state index in [1.165, 1.54) is 11.8 Å². The number of ether oxygens (including phenoxy) is 1. The van der Waals surface area contributed by atoms with Gasteiger partial charge in [-0.2, -0.15) is 0 Å². The van der Waals surface area contributed by atoms with Crippen molar-refractivity contribution < 1.29 is 13.9 Å². The molecular weight excluding hydrogens is 460 g/mol. The average molecular weight is 485 g/mol. The molecule has 0 saturated carbocycles. The SMILES string of the molecule is CC(C)(C)OC(=O)NC(Cc1c[nH]c2ccccc12)c1nnc(SCc2ccc(Cl)cc2)o1. The van der Waals surface area contributed by atoms with Crippen LogP contribution in [0.1, 0.15) is 43.8 Å². The van der Waals surface area contributed by atoms with Crippen LogP contribution in [0.3, 0.4) is 0 Å². The lowest BCUT2D eigenvalue weighted by molar-refractivity contribution is 0.0494. The summed E-state index contributed by atoms with van der Waals surface area (Å²) in [7, 11) is 0. The Kier molecular flexibility index (Phi) is 6.95. The molecule has 4 rings (SSSR count). The Bertz CT molecular complexity index is 1230. The molecule has 0 aliphatic rings. The fourth-order valence-corrected chi connectivity index (χ4v) is 4.17. The lowest BCUT2D eigenvalue weighted by Crippen LogP contribution is -2.36. The Morgan fingerprint density at radius 3 is 2.70 bits per heavy atom. The van der Waals surface area contributed by atoms with E-state index >= 15 is 0 Å². The van der Waals surface area contributed by atoms with Crippen molar-refractivity contribution in [2.45, 2.75) is 49.8 Å². The lowest BCUT2D eigenvalue weighted by Gasteiger charge is -2.22. The van der Waals surface area contributed by atoms with Crippen molar-refractivity contribution >= 4 is 40.4 Å². The molecule has 2 N–H and O–H groups in total. The summed E-state index contributed by atoms with van der Waals surface area (Å²) in [5, 5.41) is 13.5. The summed E-state index contributed by atoms with van der Waals surface area (Å²) >= 11 is 7.37. The van der Waals surface area contributed by atoms with Gasteiger partial charge in [0.1, 0.15) is 11.6 Å². The highest BCUT2D eigenvalue weighted by Gasteiger charge is 2.26. The maximum Gasteiger partial charge on any atom is 0.408 e. The Morgan fingerprint density at radius 1 is 1.18 bits per heavy atom. The first-order valence-electron chi connectivity index (χ1n) is 10.5. The minimum atomic E-state index is -0.621. The number of aromatic amines is 1. The number of hydrogen-bond acceptors (Lipinski definition) is 6. The topological polar surface area (TPSA) is 93.0 Å². The maximum absolute atomic E-state index is 12.5. The quantitative estimate of drug-likeness (QED) is 0.299. The van der Waals surface area contributed by atoms with Crippen molar-refractivity contribution in [1.82, 2.24) is 20.5 Å². The van der Waals surface area contributed by atoms with E-state index in [-0.39, 0.29) is 0 Å². The predicted octanol–water partition coefficient (Wildman–Crippen LogP) is 6.31. The number of hydrogen-bond donors (Lipinski definition) is 2. The van der Waals surface area contributed by atoms with Crippen LogP contribution >= 0.6 is 23.4 Å². The Hall–Kier alpha value is -2.97. The number of H-pyrrole nitrogens is 1. The summed E-state index contributed by atoms with van der Waals surface area (Å²) in [6, 6.07) is 15.1. The average Bonchev–Trinajstić information content (AvgIpc) is 3.39. The zero-order chi connectivity index (χ0) is 23.4. The molecule has 2 aromatic carbocycles. The number of thioether (sulfide) groups is 1. The van der Waals surface area contributed by atoms with Crippen LogP contribution in [0.4, 0.5) is 4.79 Å². The Labute approximate surface area is 201 Å². The molecule has 0 saturated heterocycles. The molecule has 2 heterocycles. The fourth-order valence-electron chi connectivity index (χ4n) is 3.32. The van der Waals surface area contributed by atoms with E-state index in [1.54, 1.807) is 0 Å². The number of benzene rings is 2. The van der Waals surface area contributed by atoms with Crippen LogP contribution in [0.25, 0.3) is 10.9 Å². The summed E-state index contributed by atoms with van der Waals surface area (Å²) in [4.78, 5) is 15.8. The van der Waals surface area contributed by atoms with Gasteiger partial charge in [0, 0.05) is 34.3 Å². The normalized spacial score (nSPS) is 12.6. The highest BCUT2D eigenvalue weighted by Crippen LogP contribution is 2.28. The third-order valence-corrected chi connectivity index (χ3v) is 5.93. The van der Waals surface area contributed by atoms with Gasteiger partial charge in [-0.05, 0) is 50.1 Å². The van der Waals surface area contributed by atoms with E-state index < -0.39 is 17.7 Å². The number of fused-ring (bicyclic) bond motifs is 1. The van der Waals surface area contributed by atoms with Gasteiger partial charge in [-0.25, -0.2) is 4.79 Å². The number of halogens is 1. The second-order valence-electron chi connectivity index (χ2n) is 8.58. The van der Waals surface area contributed by atoms with Crippen LogP contribution < -0.4 is 5.32 Å². The molecule has 0 fully saturated rings. The highest BCUT2D eigenvalue weighted by molar-refractivity contribution is 7.98.